The van der Waals surface area contributed by atoms with E-state index in [0.29, 0.717) is 12.1 Å². The fourth-order valence-electron chi connectivity index (χ4n) is 2.50. The number of piperidine rings is 1. The quantitative estimate of drug-likeness (QED) is 0.649. The molecule has 1 saturated heterocycles. The third kappa shape index (κ3) is 4.02. The van der Waals surface area contributed by atoms with Gasteiger partial charge >= 0.3 is 0 Å². The van der Waals surface area contributed by atoms with Crippen molar-refractivity contribution >= 4 is 17.4 Å². The zero-order valence-electron chi connectivity index (χ0n) is 11.9. The average Bonchev–Trinajstić information content (AvgIpc) is 2.42. The summed E-state index contributed by atoms with van der Waals surface area (Å²) in [5.41, 5.74) is 1.27. The summed E-state index contributed by atoms with van der Waals surface area (Å²) in [5, 5.41) is 3.73. The summed E-state index contributed by atoms with van der Waals surface area (Å²) >= 11 is 1.85. The molecule has 1 aromatic rings. The predicted molar refractivity (Wildman–Crippen MR) is 86.1 cm³/mol. The Morgan fingerprint density at radius 2 is 2.26 bits per heavy atom. The number of benzene rings is 1. The van der Waals surface area contributed by atoms with E-state index < -0.39 is 0 Å². The molecule has 3 heteroatoms. The summed E-state index contributed by atoms with van der Waals surface area (Å²) in [5.74, 6) is 0.961. The van der Waals surface area contributed by atoms with E-state index in [2.05, 4.69) is 55.0 Å². The second-order valence-corrected chi connectivity index (χ2v) is 6.35. The van der Waals surface area contributed by atoms with E-state index in [1.807, 2.05) is 17.8 Å². The van der Waals surface area contributed by atoms with E-state index in [1.165, 1.54) is 30.0 Å². The molecule has 1 fully saturated rings. The normalized spacial score (nSPS) is 24.1. The second kappa shape index (κ2) is 7.01. The average molecular weight is 276 g/mol. The lowest BCUT2D eigenvalue weighted by atomic mass is 9.99. The van der Waals surface area contributed by atoms with Crippen LogP contribution in [0.1, 0.15) is 19.8 Å². The molecular formula is C16H24N2S. The minimum absolute atomic E-state index is 0.594. The number of rotatable bonds is 5. The summed E-state index contributed by atoms with van der Waals surface area (Å²) in [6.07, 6.45) is 4.40. The SMILES string of the molecule is C=CCSc1ccccc1NC1CCN(C)C(C)C1. The molecule has 2 rings (SSSR count). The number of nitrogens with zero attached hydrogens (tertiary/aromatic N) is 1. The van der Waals surface area contributed by atoms with Crippen LogP contribution in [0.25, 0.3) is 0 Å². The molecule has 0 aliphatic carbocycles. The molecule has 2 unspecified atom stereocenters. The molecule has 19 heavy (non-hydrogen) atoms. The van der Waals surface area contributed by atoms with Gasteiger partial charge in [-0.1, -0.05) is 18.2 Å². The maximum atomic E-state index is 3.79. The molecule has 0 aromatic heterocycles. The molecule has 1 aliphatic heterocycles. The van der Waals surface area contributed by atoms with Crippen molar-refractivity contribution in [3.63, 3.8) is 0 Å². The van der Waals surface area contributed by atoms with Crippen LogP contribution in [-0.2, 0) is 0 Å². The first kappa shape index (κ1) is 14.5. The highest BCUT2D eigenvalue weighted by molar-refractivity contribution is 7.99. The van der Waals surface area contributed by atoms with Crippen molar-refractivity contribution in [2.45, 2.75) is 36.7 Å². The zero-order chi connectivity index (χ0) is 13.7. The first-order valence-corrected chi connectivity index (χ1v) is 7.98. The van der Waals surface area contributed by atoms with Gasteiger partial charge in [0.1, 0.15) is 0 Å². The maximum absolute atomic E-state index is 3.79. The summed E-state index contributed by atoms with van der Waals surface area (Å²) in [6, 6.07) is 9.85. The van der Waals surface area contributed by atoms with Gasteiger partial charge in [0, 0.05) is 35.0 Å². The fourth-order valence-corrected chi connectivity index (χ4v) is 3.26. The molecule has 1 heterocycles. The second-order valence-electron chi connectivity index (χ2n) is 5.29. The van der Waals surface area contributed by atoms with E-state index in [9.17, 15) is 0 Å². The van der Waals surface area contributed by atoms with Crippen molar-refractivity contribution in [3.05, 3.63) is 36.9 Å². The molecule has 0 bridgehead atoms. The monoisotopic (exact) mass is 276 g/mol. The van der Waals surface area contributed by atoms with Crippen LogP contribution < -0.4 is 5.32 Å². The van der Waals surface area contributed by atoms with Crippen LogP contribution in [0.4, 0.5) is 5.69 Å². The smallest absolute Gasteiger partial charge is 0.0480 e. The van der Waals surface area contributed by atoms with Crippen molar-refractivity contribution in [1.82, 2.24) is 4.90 Å². The lowest BCUT2D eigenvalue weighted by Crippen LogP contribution is -2.42. The Morgan fingerprint density at radius 1 is 1.47 bits per heavy atom. The molecule has 2 nitrogen and oxygen atoms in total. The van der Waals surface area contributed by atoms with Crippen molar-refractivity contribution in [3.8, 4) is 0 Å². The van der Waals surface area contributed by atoms with Crippen molar-refractivity contribution in [1.29, 1.82) is 0 Å². The number of hydrogen-bond donors (Lipinski definition) is 1. The maximum Gasteiger partial charge on any atom is 0.0480 e. The molecule has 1 aliphatic rings. The summed E-state index contributed by atoms with van der Waals surface area (Å²) in [7, 11) is 2.22. The molecule has 1 N–H and O–H groups in total. The van der Waals surface area contributed by atoms with E-state index in [-0.39, 0.29) is 0 Å². The van der Waals surface area contributed by atoms with Crippen molar-refractivity contribution < 1.29 is 0 Å². The van der Waals surface area contributed by atoms with Crippen LogP contribution in [0, 0.1) is 0 Å². The number of hydrogen-bond acceptors (Lipinski definition) is 3. The Labute approximate surface area is 121 Å². The molecule has 0 spiro atoms. The fraction of sp³-hybridized carbons (Fsp3) is 0.500. The van der Waals surface area contributed by atoms with Gasteiger partial charge in [-0.2, -0.15) is 0 Å². The minimum atomic E-state index is 0.594. The molecule has 1 aromatic carbocycles. The van der Waals surface area contributed by atoms with Crippen LogP contribution in [0.15, 0.2) is 41.8 Å². The van der Waals surface area contributed by atoms with Gasteiger partial charge in [0.15, 0.2) is 0 Å². The standard InChI is InChI=1S/C16H24N2S/c1-4-11-19-16-8-6-5-7-15(16)17-14-9-10-18(3)13(2)12-14/h4-8,13-14,17H,1,9-12H2,2-3H3. The van der Waals surface area contributed by atoms with E-state index >= 15 is 0 Å². The van der Waals surface area contributed by atoms with Gasteiger partial charge in [0.25, 0.3) is 0 Å². The highest BCUT2D eigenvalue weighted by Crippen LogP contribution is 2.29. The Balaban J connectivity index is 2.00. The first-order chi connectivity index (χ1) is 9.20. The Kier molecular flexibility index (Phi) is 5.34. The summed E-state index contributed by atoms with van der Waals surface area (Å²) in [4.78, 5) is 3.77. The molecule has 0 amide bonds. The number of para-hydroxylation sites is 1. The van der Waals surface area contributed by atoms with Crippen LogP contribution in [0.5, 0.6) is 0 Å². The highest BCUT2D eigenvalue weighted by Gasteiger charge is 2.22. The molecule has 0 radical (unpaired) electrons. The number of likely N-dealkylation sites (tertiary alicyclic amines) is 1. The summed E-state index contributed by atoms with van der Waals surface area (Å²) < 4.78 is 0. The predicted octanol–water partition coefficient (Wildman–Crippen LogP) is 3.86. The molecular weight excluding hydrogens is 252 g/mol. The highest BCUT2D eigenvalue weighted by atomic mass is 32.2. The number of thioether (sulfide) groups is 1. The molecule has 0 saturated carbocycles. The van der Waals surface area contributed by atoms with Crippen LogP contribution >= 0.6 is 11.8 Å². The third-order valence-electron chi connectivity index (χ3n) is 3.81. The first-order valence-electron chi connectivity index (χ1n) is 7.00. The Morgan fingerprint density at radius 3 is 3.00 bits per heavy atom. The number of nitrogens with one attached hydrogen (secondary N) is 1. The van der Waals surface area contributed by atoms with Gasteiger partial charge < -0.3 is 10.2 Å². The van der Waals surface area contributed by atoms with Crippen molar-refractivity contribution in [2.24, 2.45) is 0 Å². The van der Waals surface area contributed by atoms with Crippen LogP contribution in [-0.4, -0.2) is 36.3 Å². The van der Waals surface area contributed by atoms with Gasteiger partial charge in [-0.15, -0.1) is 18.3 Å². The van der Waals surface area contributed by atoms with Crippen LogP contribution in [0.3, 0.4) is 0 Å². The number of anilines is 1. The minimum Gasteiger partial charge on any atom is -0.381 e. The molecule has 2 atom stereocenters. The van der Waals surface area contributed by atoms with Crippen molar-refractivity contribution in [2.75, 3.05) is 24.7 Å². The third-order valence-corrected chi connectivity index (χ3v) is 4.88. The van der Waals surface area contributed by atoms with E-state index in [0.717, 1.165) is 5.75 Å². The summed E-state index contributed by atoms with van der Waals surface area (Å²) in [6.45, 7) is 7.29. The van der Waals surface area contributed by atoms with Gasteiger partial charge in [-0.05, 0) is 38.9 Å². The Bertz CT molecular complexity index is 419. The van der Waals surface area contributed by atoms with Gasteiger partial charge in [-0.25, -0.2) is 0 Å². The topological polar surface area (TPSA) is 15.3 Å². The lowest BCUT2D eigenvalue weighted by Gasteiger charge is -2.36. The lowest BCUT2D eigenvalue weighted by molar-refractivity contribution is 0.190. The van der Waals surface area contributed by atoms with Gasteiger partial charge in [-0.3, -0.25) is 0 Å². The zero-order valence-corrected chi connectivity index (χ0v) is 12.7. The van der Waals surface area contributed by atoms with Crippen LogP contribution in [0.2, 0.25) is 0 Å². The molecule has 104 valence electrons. The van der Waals surface area contributed by atoms with Gasteiger partial charge in [0.05, 0.1) is 0 Å². The van der Waals surface area contributed by atoms with E-state index in [4.69, 9.17) is 0 Å². The largest absolute Gasteiger partial charge is 0.381 e. The Hall–Kier alpha value is -0.930. The van der Waals surface area contributed by atoms with E-state index in [1.54, 1.807) is 0 Å². The van der Waals surface area contributed by atoms with Gasteiger partial charge in [0.2, 0.25) is 0 Å².